The maximum atomic E-state index is 13.0. The molecule has 1 heterocycles. The molecular formula is C20H27ClFN3O. The molecule has 2 rings (SSSR count). The molecular weight excluding hydrogens is 353 g/mol. The number of benzene rings is 1. The van der Waals surface area contributed by atoms with Gasteiger partial charge in [-0.3, -0.25) is 4.79 Å². The molecule has 142 valence electrons. The molecule has 0 spiro atoms. The third kappa shape index (κ3) is 5.56. The third-order valence-corrected chi connectivity index (χ3v) is 4.79. The average molecular weight is 380 g/mol. The highest BCUT2D eigenvalue weighted by Gasteiger charge is 2.21. The second-order valence-electron chi connectivity index (χ2n) is 6.76. The molecule has 1 amide bonds. The molecule has 1 aromatic carbocycles. The van der Waals surface area contributed by atoms with Gasteiger partial charge in [-0.1, -0.05) is 56.3 Å². The molecule has 26 heavy (non-hydrogen) atoms. The van der Waals surface area contributed by atoms with Crippen LogP contribution in [-0.4, -0.2) is 21.7 Å². The second-order valence-corrected chi connectivity index (χ2v) is 7.12. The van der Waals surface area contributed by atoms with E-state index in [0.717, 1.165) is 18.4 Å². The van der Waals surface area contributed by atoms with Crippen LogP contribution in [-0.2, 0) is 6.54 Å². The minimum atomic E-state index is -0.288. The summed E-state index contributed by atoms with van der Waals surface area (Å²) in [7, 11) is 0. The third-order valence-electron chi connectivity index (χ3n) is 4.41. The summed E-state index contributed by atoms with van der Waals surface area (Å²) in [6.45, 7) is 6.35. The van der Waals surface area contributed by atoms with Crippen molar-refractivity contribution in [3.63, 3.8) is 0 Å². The van der Waals surface area contributed by atoms with Crippen LogP contribution in [0.25, 0.3) is 0 Å². The molecule has 0 fully saturated rings. The van der Waals surface area contributed by atoms with E-state index in [9.17, 15) is 9.18 Å². The summed E-state index contributed by atoms with van der Waals surface area (Å²) >= 11 is 6.40. The van der Waals surface area contributed by atoms with Gasteiger partial charge in [0.25, 0.3) is 5.91 Å². The highest BCUT2D eigenvalue weighted by molar-refractivity contribution is 6.33. The standard InChI is InChI=1S/C20H27ClFN3O/c1-4-5-6-7-8-14(2)23-20(26)18-15(3)24-25(19(18)21)13-16-9-11-17(22)12-10-16/h9-12,14H,4-8,13H2,1-3H3,(H,23,26). The normalized spacial score (nSPS) is 12.2. The second kappa shape index (κ2) is 9.72. The van der Waals surface area contributed by atoms with Crippen LogP contribution in [0.15, 0.2) is 24.3 Å². The minimum Gasteiger partial charge on any atom is -0.349 e. The van der Waals surface area contributed by atoms with Crippen molar-refractivity contribution in [2.75, 3.05) is 0 Å². The molecule has 1 atom stereocenters. The Kier molecular flexibility index (Phi) is 7.64. The van der Waals surface area contributed by atoms with Crippen molar-refractivity contribution < 1.29 is 9.18 Å². The van der Waals surface area contributed by atoms with E-state index in [-0.39, 0.29) is 17.8 Å². The first kappa shape index (κ1) is 20.4. The largest absolute Gasteiger partial charge is 0.349 e. The predicted octanol–water partition coefficient (Wildman–Crippen LogP) is 5.12. The van der Waals surface area contributed by atoms with E-state index in [4.69, 9.17) is 11.6 Å². The Morgan fingerprint density at radius 1 is 1.27 bits per heavy atom. The van der Waals surface area contributed by atoms with Gasteiger partial charge in [0, 0.05) is 6.04 Å². The molecule has 6 heteroatoms. The van der Waals surface area contributed by atoms with Gasteiger partial charge in [0.05, 0.1) is 17.8 Å². The maximum Gasteiger partial charge on any atom is 0.256 e. The van der Waals surface area contributed by atoms with Crippen molar-refractivity contribution in [1.82, 2.24) is 15.1 Å². The highest BCUT2D eigenvalue weighted by atomic mass is 35.5. The fourth-order valence-corrected chi connectivity index (χ4v) is 3.24. The first-order valence-electron chi connectivity index (χ1n) is 9.20. The molecule has 1 unspecified atom stereocenters. The van der Waals surface area contributed by atoms with Gasteiger partial charge in [0.2, 0.25) is 0 Å². The van der Waals surface area contributed by atoms with Gasteiger partial charge < -0.3 is 5.32 Å². The van der Waals surface area contributed by atoms with Crippen LogP contribution < -0.4 is 5.32 Å². The summed E-state index contributed by atoms with van der Waals surface area (Å²) in [5.41, 5.74) is 1.87. The number of halogens is 2. The Balaban J connectivity index is 2.01. The average Bonchev–Trinajstić information content (AvgIpc) is 2.87. The van der Waals surface area contributed by atoms with Crippen LogP contribution in [0.2, 0.25) is 5.15 Å². The first-order chi connectivity index (χ1) is 12.4. The fourth-order valence-electron chi connectivity index (χ4n) is 2.92. The lowest BCUT2D eigenvalue weighted by atomic mass is 10.1. The molecule has 4 nitrogen and oxygen atoms in total. The van der Waals surface area contributed by atoms with E-state index in [1.54, 1.807) is 23.7 Å². The van der Waals surface area contributed by atoms with Gasteiger partial charge in [0.1, 0.15) is 11.0 Å². The molecule has 0 radical (unpaired) electrons. The van der Waals surface area contributed by atoms with E-state index in [1.807, 2.05) is 6.92 Å². The molecule has 1 aromatic heterocycles. The van der Waals surface area contributed by atoms with E-state index >= 15 is 0 Å². The van der Waals surface area contributed by atoms with Crippen LogP contribution in [0.5, 0.6) is 0 Å². The van der Waals surface area contributed by atoms with Gasteiger partial charge in [-0.2, -0.15) is 5.10 Å². The Bertz CT molecular complexity index is 727. The Labute approximate surface area is 159 Å². The molecule has 0 saturated carbocycles. The number of nitrogens with one attached hydrogen (secondary N) is 1. The smallest absolute Gasteiger partial charge is 0.256 e. The fraction of sp³-hybridized carbons (Fsp3) is 0.500. The van der Waals surface area contributed by atoms with Crippen molar-refractivity contribution in [3.05, 3.63) is 52.1 Å². The summed E-state index contributed by atoms with van der Waals surface area (Å²) in [6, 6.07) is 6.25. The maximum absolute atomic E-state index is 13.0. The van der Waals surface area contributed by atoms with Crippen LogP contribution in [0.4, 0.5) is 4.39 Å². The number of aromatic nitrogens is 2. The number of rotatable bonds is 9. The van der Waals surface area contributed by atoms with E-state index < -0.39 is 0 Å². The molecule has 0 aliphatic heterocycles. The number of nitrogens with zero attached hydrogens (tertiary/aromatic N) is 2. The minimum absolute atomic E-state index is 0.0928. The topological polar surface area (TPSA) is 46.9 Å². The molecule has 0 aliphatic carbocycles. The molecule has 2 aromatic rings. The van der Waals surface area contributed by atoms with Gasteiger partial charge in [-0.05, 0) is 38.0 Å². The lowest BCUT2D eigenvalue weighted by Crippen LogP contribution is -2.32. The zero-order valence-electron chi connectivity index (χ0n) is 15.7. The van der Waals surface area contributed by atoms with E-state index in [1.165, 1.54) is 31.4 Å². The molecule has 0 bridgehead atoms. The number of carbonyl (C=O) groups excluding carboxylic acids is 1. The van der Waals surface area contributed by atoms with Crippen molar-refractivity contribution in [3.8, 4) is 0 Å². The van der Waals surface area contributed by atoms with Crippen LogP contribution in [0.1, 0.15) is 67.6 Å². The number of carbonyl (C=O) groups is 1. The molecule has 0 saturated heterocycles. The van der Waals surface area contributed by atoms with Crippen molar-refractivity contribution in [2.45, 2.75) is 65.5 Å². The first-order valence-corrected chi connectivity index (χ1v) is 9.58. The molecule has 0 aliphatic rings. The van der Waals surface area contributed by atoms with Crippen LogP contribution in [0, 0.1) is 12.7 Å². The van der Waals surface area contributed by atoms with Crippen molar-refractivity contribution in [2.24, 2.45) is 0 Å². The van der Waals surface area contributed by atoms with Crippen LogP contribution in [0.3, 0.4) is 0 Å². The number of hydrogen-bond acceptors (Lipinski definition) is 2. The van der Waals surface area contributed by atoms with Gasteiger partial charge in [0.15, 0.2) is 0 Å². The number of aryl methyl sites for hydroxylation is 1. The molecule has 1 N–H and O–H groups in total. The number of amides is 1. The quantitative estimate of drug-likeness (QED) is 0.614. The number of hydrogen-bond donors (Lipinski definition) is 1. The highest BCUT2D eigenvalue weighted by Crippen LogP contribution is 2.21. The number of unbranched alkanes of at least 4 members (excludes halogenated alkanes) is 3. The Morgan fingerprint density at radius 3 is 2.62 bits per heavy atom. The summed E-state index contributed by atoms with van der Waals surface area (Å²) in [5, 5.41) is 7.69. The van der Waals surface area contributed by atoms with Gasteiger partial charge in [-0.15, -0.1) is 0 Å². The van der Waals surface area contributed by atoms with Crippen molar-refractivity contribution in [1.29, 1.82) is 0 Å². The Hall–Kier alpha value is -1.88. The van der Waals surface area contributed by atoms with E-state index in [0.29, 0.717) is 23.0 Å². The summed E-state index contributed by atoms with van der Waals surface area (Å²) in [6.07, 6.45) is 5.66. The summed E-state index contributed by atoms with van der Waals surface area (Å²) in [5.74, 6) is -0.481. The lowest BCUT2D eigenvalue weighted by Gasteiger charge is -2.13. The summed E-state index contributed by atoms with van der Waals surface area (Å²) in [4.78, 5) is 12.6. The van der Waals surface area contributed by atoms with Gasteiger partial charge in [-0.25, -0.2) is 9.07 Å². The van der Waals surface area contributed by atoms with E-state index in [2.05, 4.69) is 17.3 Å². The monoisotopic (exact) mass is 379 g/mol. The Morgan fingerprint density at radius 2 is 1.96 bits per heavy atom. The summed E-state index contributed by atoms with van der Waals surface area (Å²) < 4.78 is 14.6. The van der Waals surface area contributed by atoms with Crippen molar-refractivity contribution >= 4 is 17.5 Å². The lowest BCUT2D eigenvalue weighted by molar-refractivity contribution is 0.0937. The zero-order valence-corrected chi connectivity index (χ0v) is 16.4. The SMILES string of the molecule is CCCCCCC(C)NC(=O)c1c(C)nn(Cc2ccc(F)cc2)c1Cl. The van der Waals surface area contributed by atoms with Crippen LogP contribution >= 0.6 is 11.6 Å². The predicted molar refractivity (Wildman–Crippen MR) is 103 cm³/mol. The zero-order chi connectivity index (χ0) is 19.1. The van der Waals surface area contributed by atoms with Gasteiger partial charge >= 0.3 is 0 Å².